The van der Waals surface area contributed by atoms with Gasteiger partial charge in [-0.2, -0.15) is 5.10 Å². The Hall–Kier alpha value is -2.79. The van der Waals surface area contributed by atoms with Gasteiger partial charge in [-0.25, -0.2) is 9.97 Å². The molecule has 0 saturated heterocycles. The van der Waals surface area contributed by atoms with Gasteiger partial charge < -0.3 is 0 Å². The standard InChI is InChI=1S/C27H30N4S/c1-5-27(3,4)21-12-13-23-22(15-21)24-25(28-16-29-26(24)32-23)31-30-17(2)19-11-10-18-8-6-7-9-20(18)14-19/h6-11,14,16,21H,5,12-13,15H2,1-4H3,(H,28,29,31). The summed E-state index contributed by atoms with van der Waals surface area (Å²) in [4.78, 5) is 11.7. The molecule has 5 rings (SSSR count). The Morgan fingerprint density at radius 1 is 1.16 bits per heavy atom. The van der Waals surface area contributed by atoms with Crippen molar-refractivity contribution in [2.75, 3.05) is 5.43 Å². The van der Waals surface area contributed by atoms with Crippen LogP contribution >= 0.6 is 11.3 Å². The van der Waals surface area contributed by atoms with Gasteiger partial charge in [0.2, 0.25) is 0 Å². The number of aryl methyl sites for hydroxylation is 1. The third-order valence-electron chi connectivity index (χ3n) is 7.35. The Balaban J connectivity index is 1.47. The first-order valence-corrected chi connectivity index (χ1v) is 12.3. The van der Waals surface area contributed by atoms with E-state index < -0.39 is 0 Å². The van der Waals surface area contributed by atoms with Crippen LogP contribution in [0.2, 0.25) is 0 Å². The normalized spacial score (nSPS) is 17.0. The summed E-state index contributed by atoms with van der Waals surface area (Å²) in [6.07, 6.45) is 6.36. The lowest BCUT2D eigenvalue weighted by Gasteiger charge is -2.36. The molecular weight excluding hydrogens is 412 g/mol. The summed E-state index contributed by atoms with van der Waals surface area (Å²) >= 11 is 1.83. The predicted octanol–water partition coefficient (Wildman–Crippen LogP) is 7.22. The minimum Gasteiger partial charge on any atom is -0.260 e. The summed E-state index contributed by atoms with van der Waals surface area (Å²) in [5.41, 5.74) is 7.11. The Bertz CT molecular complexity index is 1320. The summed E-state index contributed by atoms with van der Waals surface area (Å²) in [6.45, 7) is 9.16. The highest BCUT2D eigenvalue weighted by atomic mass is 32.1. The van der Waals surface area contributed by atoms with E-state index in [1.165, 1.54) is 39.4 Å². The average Bonchev–Trinajstić information content (AvgIpc) is 3.20. The molecule has 2 heterocycles. The van der Waals surface area contributed by atoms with Gasteiger partial charge in [0.25, 0.3) is 0 Å². The fraction of sp³-hybridized carbons (Fsp3) is 0.370. The minimum absolute atomic E-state index is 0.347. The van der Waals surface area contributed by atoms with Crippen molar-refractivity contribution in [2.24, 2.45) is 16.4 Å². The van der Waals surface area contributed by atoms with Crippen molar-refractivity contribution in [1.82, 2.24) is 9.97 Å². The molecule has 0 fully saturated rings. The molecule has 1 aliphatic carbocycles. The van der Waals surface area contributed by atoms with Gasteiger partial charge in [0.15, 0.2) is 5.82 Å². The van der Waals surface area contributed by atoms with Crippen molar-refractivity contribution in [3.63, 3.8) is 0 Å². The number of fused-ring (bicyclic) bond motifs is 4. The van der Waals surface area contributed by atoms with E-state index in [1.54, 1.807) is 6.33 Å². The summed E-state index contributed by atoms with van der Waals surface area (Å²) < 4.78 is 0. The highest BCUT2D eigenvalue weighted by Crippen LogP contribution is 2.45. The predicted molar refractivity (Wildman–Crippen MR) is 137 cm³/mol. The number of hydrazone groups is 1. The molecule has 1 aliphatic rings. The van der Waals surface area contributed by atoms with Crippen molar-refractivity contribution < 1.29 is 0 Å². The number of hydrogen-bond acceptors (Lipinski definition) is 5. The lowest BCUT2D eigenvalue weighted by molar-refractivity contribution is 0.184. The molecule has 0 radical (unpaired) electrons. The maximum Gasteiger partial charge on any atom is 0.158 e. The SMILES string of the molecule is CCC(C)(C)C1CCc2sc3ncnc(NN=C(C)c4ccc5ccccc5c4)c3c2C1. The molecule has 0 aliphatic heterocycles. The van der Waals surface area contributed by atoms with Crippen LogP contribution in [0, 0.1) is 11.3 Å². The number of hydrogen-bond donors (Lipinski definition) is 1. The van der Waals surface area contributed by atoms with Crippen LogP contribution in [-0.2, 0) is 12.8 Å². The Morgan fingerprint density at radius 2 is 1.97 bits per heavy atom. The van der Waals surface area contributed by atoms with Crippen molar-refractivity contribution in [3.8, 4) is 0 Å². The number of rotatable bonds is 5. The van der Waals surface area contributed by atoms with Crippen molar-refractivity contribution >= 4 is 43.9 Å². The second-order valence-corrected chi connectivity index (χ2v) is 10.6. The van der Waals surface area contributed by atoms with Crippen molar-refractivity contribution in [2.45, 2.75) is 53.4 Å². The Kier molecular flexibility index (Phi) is 5.46. The van der Waals surface area contributed by atoms with Crippen LogP contribution < -0.4 is 5.43 Å². The highest BCUT2D eigenvalue weighted by Gasteiger charge is 2.33. The van der Waals surface area contributed by atoms with Crippen molar-refractivity contribution in [1.29, 1.82) is 0 Å². The van der Waals surface area contributed by atoms with Crippen LogP contribution in [0.5, 0.6) is 0 Å². The first kappa shape index (κ1) is 21.1. The van der Waals surface area contributed by atoms with Gasteiger partial charge in [0, 0.05) is 4.88 Å². The maximum atomic E-state index is 4.72. The molecule has 1 atom stereocenters. The first-order chi connectivity index (χ1) is 15.5. The fourth-order valence-corrected chi connectivity index (χ4v) is 5.95. The van der Waals surface area contributed by atoms with E-state index in [4.69, 9.17) is 5.10 Å². The number of benzene rings is 2. The lowest BCUT2D eigenvalue weighted by Crippen LogP contribution is -2.28. The molecule has 5 heteroatoms. The van der Waals surface area contributed by atoms with E-state index in [-0.39, 0.29) is 0 Å². The molecule has 0 amide bonds. The zero-order valence-corrected chi connectivity index (χ0v) is 20.1. The van der Waals surface area contributed by atoms with Crippen LogP contribution in [0.25, 0.3) is 21.0 Å². The molecule has 4 aromatic rings. The van der Waals surface area contributed by atoms with E-state index in [0.717, 1.165) is 34.8 Å². The van der Waals surface area contributed by atoms with E-state index in [2.05, 4.69) is 78.6 Å². The zero-order valence-electron chi connectivity index (χ0n) is 19.3. The quantitative estimate of drug-likeness (QED) is 0.262. The fourth-order valence-electron chi connectivity index (χ4n) is 4.76. The van der Waals surface area contributed by atoms with Gasteiger partial charge in [-0.1, -0.05) is 63.6 Å². The first-order valence-electron chi connectivity index (χ1n) is 11.5. The molecule has 0 spiro atoms. The molecule has 2 aromatic heterocycles. The van der Waals surface area contributed by atoms with Gasteiger partial charge in [-0.3, -0.25) is 5.43 Å². The van der Waals surface area contributed by atoms with E-state index in [0.29, 0.717) is 11.3 Å². The van der Waals surface area contributed by atoms with E-state index >= 15 is 0 Å². The van der Waals surface area contributed by atoms with Gasteiger partial charge in [-0.15, -0.1) is 11.3 Å². The largest absolute Gasteiger partial charge is 0.260 e. The summed E-state index contributed by atoms with van der Waals surface area (Å²) in [5, 5.41) is 8.34. The second kappa shape index (κ2) is 8.28. The van der Waals surface area contributed by atoms with Crippen molar-refractivity contribution in [3.05, 3.63) is 64.8 Å². The second-order valence-electron chi connectivity index (χ2n) is 9.56. The highest BCUT2D eigenvalue weighted by molar-refractivity contribution is 7.19. The van der Waals surface area contributed by atoms with Crippen LogP contribution in [0.15, 0.2) is 53.9 Å². The lowest BCUT2D eigenvalue weighted by atomic mass is 9.69. The summed E-state index contributed by atoms with van der Waals surface area (Å²) in [7, 11) is 0. The van der Waals surface area contributed by atoms with Crippen LogP contribution in [0.4, 0.5) is 5.82 Å². The number of nitrogens with one attached hydrogen (secondary N) is 1. The number of thiophene rings is 1. The molecule has 0 bridgehead atoms. The van der Waals surface area contributed by atoms with Gasteiger partial charge in [-0.05, 0) is 65.5 Å². The summed E-state index contributed by atoms with van der Waals surface area (Å²) in [5.74, 6) is 1.51. The third-order valence-corrected chi connectivity index (χ3v) is 8.55. The molecular formula is C27H30N4S. The number of nitrogens with zero attached hydrogens (tertiary/aromatic N) is 3. The Labute approximate surface area is 193 Å². The van der Waals surface area contributed by atoms with Crippen LogP contribution in [0.1, 0.15) is 56.5 Å². The monoisotopic (exact) mass is 442 g/mol. The van der Waals surface area contributed by atoms with Crippen LogP contribution in [-0.4, -0.2) is 15.7 Å². The summed E-state index contributed by atoms with van der Waals surface area (Å²) in [6, 6.07) is 14.9. The van der Waals surface area contributed by atoms with E-state index in [9.17, 15) is 0 Å². The minimum atomic E-state index is 0.347. The molecule has 2 aromatic carbocycles. The molecule has 164 valence electrons. The smallest absolute Gasteiger partial charge is 0.158 e. The molecule has 1 unspecified atom stereocenters. The topological polar surface area (TPSA) is 50.2 Å². The molecule has 1 N–H and O–H groups in total. The van der Waals surface area contributed by atoms with Gasteiger partial charge in [0.1, 0.15) is 11.2 Å². The number of anilines is 1. The zero-order chi connectivity index (χ0) is 22.3. The molecule has 0 saturated carbocycles. The molecule has 32 heavy (non-hydrogen) atoms. The van der Waals surface area contributed by atoms with E-state index in [1.807, 2.05) is 18.3 Å². The van der Waals surface area contributed by atoms with Crippen LogP contribution in [0.3, 0.4) is 0 Å². The Morgan fingerprint density at radius 3 is 2.78 bits per heavy atom. The van der Waals surface area contributed by atoms with Gasteiger partial charge in [0.05, 0.1) is 11.1 Å². The third kappa shape index (κ3) is 3.79. The maximum absolute atomic E-state index is 4.72. The van der Waals surface area contributed by atoms with Gasteiger partial charge >= 0.3 is 0 Å². The molecule has 4 nitrogen and oxygen atoms in total. The average molecular weight is 443 g/mol. The number of aromatic nitrogens is 2.